The Hall–Kier alpha value is -1.08. The molecule has 0 bridgehead atoms. The molecular formula is C19H24Br2N2O2. The zero-order valence-corrected chi connectivity index (χ0v) is 17.9. The number of ether oxygens (including phenoxy) is 1. The van der Waals surface area contributed by atoms with Gasteiger partial charge >= 0.3 is 0 Å². The lowest BCUT2D eigenvalue weighted by Crippen LogP contribution is -2.00. The Morgan fingerprint density at radius 1 is 0.840 bits per heavy atom. The van der Waals surface area contributed by atoms with Crippen molar-refractivity contribution in [1.29, 1.82) is 0 Å². The Morgan fingerprint density at radius 3 is 1.92 bits per heavy atom. The molecular weight excluding hydrogens is 448 g/mol. The fourth-order valence-electron chi connectivity index (χ4n) is 2.82. The molecule has 3 N–H and O–H groups in total. The quantitative estimate of drug-likeness (QED) is 0.556. The monoisotopic (exact) mass is 470 g/mol. The first-order valence-electron chi connectivity index (χ1n) is 8.35. The highest BCUT2D eigenvalue weighted by atomic mass is 79.9. The molecule has 2 heterocycles. The van der Waals surface area contributed by atoms with E-state index in [0.29, 0.717) is 5.75 Å². The van der Waals surface area contributed by atoms with Gasteiger partial charge in [0.05, 0.1) is 7.11 Å². The minimum Gasteiger partial charge on any atom is -0.508 e. The summed E-state index contributed by atoms with van der Waals surface area (Å²) in [5.41, 5.74) is 5.15. The average molecular weight is 472 g/mol. The van der Waals surface area contributed by atoms with Crippen LogP contribution in [0.15, 0.2) is 33.2 Å². The van der Waals surface area contributed by atoms with Crippen LogP contribution in [0.5, 0.6) is 11.5 Å². The predicted octanol–water partition coefficient (Wildman–Crippen LogP) is 4.85. The van der Waals surface area contributed by atoms with Crippen molar-refractivity contribution in [3.05, 3.63) is 55.5 Å². The number of fused-ring (bicyclic) bond motifs is 2. The van der Waals surface area contributed by atoms with Gasteiger partial charge in [-0.2, -0.15) is 0 Å². The molecule has 4 rings (SSSR count). The zero-order chi connectivity index (χ0) is 18.4. The van der Waals surface area contributed by atoms with Crippen molar-refractivity contribution in [3.8, 4) is 11.5 Å². The van der Waals surface area contributed by atoms with Gasteiger partial charge in [-0.1, -0.05) is 45.7 Å². The van der Waals surface area contributed by atoms with Crippen molar-refractivity contribution in [2.75, 3.05) is 7.11 Å². The van der Waals surface area contributed by atoms with E-state index in [0.717, 1.165) is 40.9 Å². The number of hydrogen-bond donors (Lipinski definition) is 3. The van der Waals surface area contributed by atoms with Gasteiger partial charge in [-0.15, -0.1) is 0 Å². The first-order chi connectivity index (χ1) is 12.1. The van der Waals surface area contributed by atoms with Crippen molar-refractivity contribution >= 4 is 31.9 Å². The highest BCUT2D eigenvalue weighted by molar-refractivity contribution is 9.10. The summed E-state index contributed by atoms with van der Waals surface area (Å²) in [5.74, 6) is 1.25. The molecule has 25 heavy (non-hydrogen) atoms. The molecule has 4 nitrogen and oxygen atoms in total. The molecule has 2 aromatic rings. The summed E-state index contributed by atoms with van der Waals surface area (Å²) in [5, 5.41) is 15.7. The smallest absolute Gasteiger partial charge is 0.120 e. The van der Waals surface area contributed by atoms with E-state index in [1.807, 2.05) is 19.9 Å². The fraction of sp³-hybridized carbons (Fsp3) is 0.368. The van der Waals surface area contributed by atoms with Crippen LogP contribution < -0.4 is 15.4 Å². The molecule has 0 atom stereocenters. The molecule has 0 unspecified atom stereocenters. The Balaban J connectivity index is 0.000000165. The highest BCUT2D eigenvalue weighted by Gasteiger charge is 2.14. The van der Waals surface area contributed by atoms with Gasteiger partial charge in [0.25, 0.3) is 0 Å². The predicted molar refractivity (Wildman–Crippen MR) is 109 cm³/mol. The van der Waals surface area contributed by atoms with E-state index in [-0.39, 0.29) is 0 Å². The number of hydrogen-bond acceptors (Lipinski definition) is 4. The highest BCUT2D eigenvalue weighted by Crippen LogP contribution is 2.30. The molecule has 2 aliphatic rings. The van der Waals surface area contributed by atoms with Gasteiger partial charge in [0.1, 0.15) is 11.5 Å². The third-order valence-electron chi connectivity index (χ3n) is 4.00. The van der Waals surface area contributed by atoms with Crippen LogP contribution in [-0.4, -0.2) is 12.2 Å². The lowest BCUT2D eigenvalue weighted by Gasteiger charge is -2.05. The van der Waals surface area contributed by atoms with E-state index in [1.54, 1.807) is 19.2 Å². The lowest BCUT2D eigenvalue weighted by atomic mass is 10.1. The van der Waals surface area contributed by atoms with Crippen LogP contribution in [0.1, 0.15) is 36.1 Å². The molecule has 2 aromatic carbocycles. The standard InChI is InChI=1S/C9H10BrNO.C8H8BrNO.C2H6/c1-12-7-2-6-4-11-5-8(6)9(10)3-7;9-8-2-6(11)1-5-3-10-4-7(5)8;1-2/h2-3,11H,4-5H2,1H3;1-2,10-11H,3-4H2;1-2H3. The van der Waals surface area contributed by atoms with Crippen LogP contribution >= 0.6 is 31.9 Å². The summed E-state index contributed by atoms with van der Waals surface area (Å²) in [6.07, 6.45) is 0. The van der Waals surface area contributed by atoms with Crippen LogP contribution in [0.25, 0.3) is 0 Å². The van der Waals surface area contributed by atoms with E-state index in [2.05, 4.69) is 48.6 Å². The maximum Gasteiger partial charge on any atom is 0.120 e. The molecule has 136 valence electrons. The summed E-state index contributed by atoms with van der Waals surface area (Å²) in [7, 11) is 1.69. The number of benzene rings is 2. The number of nitrogens with one attached hydrogen (secondary N) is 2. The molecule has 0 saturated carbocycles. The number of methoxy groups -OCH3 is 1. The minimum atomic E-state index is 0.333. The Bertz CT molecular complexity index is 736. The van der Waals surface area contributed by atoms with E-state index in [9.17, 15) is 5.11 Å². The molecule has 0 saturated heterocycles. The topological polar surface area (TPSA) is 53.5 Å². The van der Waals surface area contributed by atoms with Crippen molar-refractivity contribution < 1.29 is 9.84 Å². The number of aromatic hydroxyl groups is 1. The zero-order valence-electron chi connectivity index (χ0n) is 14.7. The van der Waals surface area contributed by atoms with Crippen molar-refractivity contribution in [3.63, 3.8) is 0 Å². The first kappa shape index (κ1) is 20.2. The Morgan fingerprint density at radius 2 is 1.36 bits per heavy atom. The molecule has 0 amide bonds. The summed E-state index contributed by atoms with van der Waals surface area (Å²) in [6.45, 7) is 7.67. The van der Waals surface area contributed by atoms with Gasteiger partial charge in [-0.25, -0.2) is 0 Å². The van der Waals surface area contributed by atoms with Crippen LogP contribution in [0.4, 0.5) is 0 Å². The maximum absolute atomic E-state index is 9.22. The SMILES string of the molecule is CC.COc1cc(Br)c2c(c1)CNC2.Oc1cc(Br)c2c(c1)CNC2. The third kappa shape index (κ3) is 4.97. The molecule has 2 aliphatic heterocycles. The fourth-order valence-corrected chi connectivity index (χ4v) is 4.07. The Labute approximate surface area is 166 Å². The number of phenols is 1. The third-order valence-corrected chi connectivity index (χ3v) is 5.42. The summed E-state index contributed by atoms with van der Waals surface area (Å²) in [6, 6.07) is 7.62. The summed E-state index contributed by atoms with van der Waals surface area (Å²) < 4.78 is 7.30. The molecule has 6 heteroatoms. The molecule has 0 spiro atoms. The number of phenolic OH excluding ortho intramolecular Hbond substituents is 1. The second-order valence-corrected chi connectivity index (χ2v) is 7.23. The number of halogens is 2. The van der Waals surface area contributed by atoms with Crippen molar-refractivity contribution in [2.24, 2.45) is 0 Å². The second-order valence-electron chi connectivity index (χ2n) is 5.52. The van der Waals surface area contributed by atoms with E-state index in [4.69, 9.17) is 4.74 Å². The van der Waals surface area contributed by atoms with Gasteiger partial charge in [-0.3, -0.25) is 0 Å². The van der Waals surface area contributed by atoms with Crippen LogP contribution in [0, 0.1) is 0 Å². The van der Waals surface area contributed by atoms with Gasteiger partial charge in [-0.05, 0) is 46.5 Å². The first-order valence-corrected chi connectivity index (χ1v) is 9.94. The molecule has 0 aliphatic carbocycles. The van der Waals surface area contributed by atoms with Crippen LogP contribution in [0.2, 0.25) is 0 Å². The molecule has 0 radical (unpaired) electrons. The van der Waals surface area contributed by atoms with E-state index >= 15 is 0 Å². The van der Waals surface area contributed by atoms with Gasteiger partial charge in [0, 0.05) is 35.1 Å². The van der Waals surface area contributed by atoms with Crippen LogP contribution in [0.3, 0.4) is 0 Å². The van der Waals surface area contributed by atoms with E-state index < -0.39 is 0 Å². The van der Waals surface area contributed by atoms with E-state index in [1.165, 1.54) is 22.3 Å². The van der Waals surface area contributed by atoms with Gasteiger partial charge in [0.15, 0.2) is 0 Å². The lowest BCUT2D eigenvalue weighted by molar-refractivity contribution is 0.414. The normalized spacial score (nSPS) is 13.8. The molecule has 0 fully saturated rings. The maximum atomic E-state index is 9.22. The molecule has 0 aromatic heterocycles. The van der Waals surface area contributed by atoms with Crippen LogP contribution in [-0.2, 0) is 26.2 Å². The number of rotatable bonds is 1. The Kier molecular flexibility index (Phi) is 7.75. The second kappa shape index (κ2) is 9.57. The van der Waals surface area contributed by atoms with Gasteiger partial charge < -0.3 is 20.5 Å². The average Bonchev–Trinajstić information content (AvgIpc) is 3.26. The minimum absolute atomic E-state index is 0.333. The summed E-state index contributed by atoms with van der Waals surface area (Å²) in [4.78, 5) is 0. The largest absolute Gasteiger partial charge is 0.508 e. The van der Waals surface area contributed by atoms with Crippen molar-refractivity contribution in [2.45, 2.75) is 40.0 Å². The summed E-state index contributed by atoms with van der Waals surface area (Å²) >= 11 is 6.92. The van der Waals surface area contributed by atoms with Gasteiger partial charge in [0.2, 0.25) is 0 Å². The van der Waals surface area contributed by atoms with Crippen molar-refractivity contribution in [1.82, 2.24) is 10.6 Å².